The van der Waals surface area contributed by atoms with Gasteiger partial charge in [-0.05, 0) is 6.08 Å². The Morgan fingerprint density at radius 3 is 2.70 bits per heavy atom. The van der Waals surface area contributed by atoms with Gasteiger partial charge in [0.2, 0.25) is 0 Å². The Kier molecular flexibility index (Phi) is 1.96. The summed E-state index contributed by atoms with van der Waals surface area (Å²) in [5.41, 5.74) is 7.79. The number of hydrogen-bond donors (Lipinski definition) is 1. The molecule has 0 aromatic heterocycles. The number of rotatable bonds is 2. The molecule has 1 N–H and O–H groups in total. The molecule has 0 spiro atoms. The van der Waals surface area contributed by atoms with E-state index in [4.69, 9.17) is 0 Å². The standard InChI is InChI=1S/C9H9N/c1-3-8-6-4-5-7-9(8)10-2/h3,6-7,10H,1H2,2H3. The molecule has 0 saturated carbocycles. The molecular weight excluding hydrogens is 122 g/mol. The van der Waals surface area contributed by atoms with E-state index in [1.165, 1.54) is 0 Å². The maximum Gasteiger partial charge on any atom is 0.0502 e. The van der Waals surface area contributed by atoms with Crippen LogP contribution in [0.25, 0.3) is 0 Å². The highest BCUT2D eigenvalue weighted by molar-refractivity contribution is 5.40. The molecular formula is C9H9N. The lowest BCUT2D eigenvalue weighted by molar-refractivity contribution is 1.02. The molecule has 1 aliphatic rings. The van der Waals surface area contributed by atoms with Crippen molar-refractivity contribution in [1.82, 2.24) is 5.32 Å². The van der Waals surface area contributed by atoms with Crippen LogP contribution in [0.15, 0.2) is 47.5 Å². The third-order valence-electron chi connectivity index (χ3n) is 1.33. The van der Waals surface area contributed by atoms with E-state index in [2.05, 4.69) is 23.4 Å². The van der Waals surface area contributed by atoms with E-state index in [0.717, 1.165) is 11.3 Å². The van der Waals surface area contributed by atoms with Gasteiger partial charge >= 0.3 is 0 Å². The van der Waals surface area contributed by atoms with E-state index >= 15 is 0 Å². The molecule has 0 unspecified atom stereocenters. The molecule has 0 atom stereocenters. The summed E-state index contributed by atoms with van der Waals surface area (Å²) in [6.45, 7) is 3.67. The Bertz CT molecular complexity index is 269. The van der Waals surface area contributed by atoms with E-state index < -0.39 is 0 Å². The Balaban J connectivity index is 3.04. The van der Waals surface area contributed by atoms with Gasteiger partial charge in [-0.3, -0.25) is 0 Å². The summed E-state index contributed by atoms with van der Waals surface area (Å²) in [6, 6.07) is 0. The number of nitrogens with one attached hydrogen (secondary N) is 1. The zero-order chi connectivity index (χ0) is 7.40. The Labute approximate surface area is 60.8 Å². The predicted molar refractivity (Wildman–Crippen MR) is 42.4 cm³/mol. The molecule has 0 fully saturated rings. The van der Waals surface area contributed by atoms with Gasteiger partial charge in [0.25, 0.3) is 0 Å². The highest BCUT2D eigenvalue weighted by Gasteiger charge is 1.95. The highest BCUT2D eigenvalue weighted by atomic mass is 14.8. The van der Waals surface area contributed by atoms with Crippen molar-refractivity contribution in [3.8, 4) is 0 Å². The second-order valence-electron chi connectivity index (χ2n) is 1.90. The average molecular weight is 131 g/mol. The van der Waals surface area contributed by atoms with Crippen LogP contribution in [0, 0.1) is 0 Å². The van der Waals surface area contributed by atoms with Crippen molar-refractivity contribution < 1.29 is 0 Å². The van der Waals surface area contributed by atoms with Crippen molar-refractivity contribution in [2.75, 3.05) is 7.05 Å². The van der Waals surface area contributed by atoms with E-state index in [0.29, 0.717) is 0 Å². The van der Waals surface area contributed by atoms with Crippen LogP contribution < -0.4 is 5.32 Å². The summed E-state index contributed by atoms with van der Waals surface area (Å²) in [5, 5.41) is 3.02. The average Bonchev–Trinajstić information content (AvgIpc) is 2.04. The maximum atomic E-state index is 3.67. The third-order valence-corrected chi connectivity index (χ3v) is 1.33. The lowest BCUT2D eigenvalue weighted by Crippen LogP contribution is -2.05. The van der Waals surface area contributed by atoms with Crippen LogP contribution in [-0.4, -0.2) is 7.05 Å². The first-order valence-corrected chi connectivity index (χ1v) is 3.10. The lowest BCUT2D eigenvalue weighted by Gasteiger charge is -2.03. The first kappa shape index (κ1) is 6.70. The first-order valence-electron chi connectivity index (χ1n) is 3.10. The predicted octanol–water partition coefficient (Wildman–Crippen LogP) is 1.53. The highest BCUT2D eigenvalue weighted by Crippen LogP contribution is 2.06. The van der Waals surface area contributed by atoms with Crippen LogP contribution in [-0.2, 0) is 0 Å². The fourth-order valence-corrected chi connectivity index (χ4v) is 0.780. The molecule has 50 valence electrons. The van der Waals surface area contributed by atoms with Crippen molar-refractivity contribution in [2.45, 2.75) is 0 Å². The minimum absolute atomic E-state index is 1.04. The van der Waals surface area contributed by atoms with E-state index in [9.17, 15) is 0 Å². The van der Waals surface area contributed by atoms with Gasteiger partial charge in [-0.25, -0.2) is 0 Å². The molecule has 0 saturated heterocycles. The molecule has 1 nitrogen and oxygen atoms in total. The summed E-state index contributed by atoms with van der Waals surface area (Å²) >= 11 is 0. The van der Waals surface area contributed by atoms with E-state index in [1.807, 2.05) is 19.2 Å². The summed E-state index contributed by atoms with van der Waals surface area (Å²) < 4.78 is 0. The van der Waals surface area contributed by atoms with Crippen LogP contribution in [0.2, 0.25) is 0 Å². The van der Waals surface area contributed by atoms with Gasteiger partial charge < -0.3 is 5.32 Å². The van der Waals surface area contributed by atoms with Crippen molar-refractivity contribution in [1.29, 1.82) is 0 Å². The molecule has 0 aliphatic heterocycles. The number of likely N-dealkylation sites (N-methyl/N-ethyl adjacent to an activating group) is 1. The zero-order valence-corrected chi connectivity index (χ0v) is 5.94. The van der Waals surface area contributed by atoms with E-state index in [-0.39, 0.29) is 0 Å². The monoisotopic (exact) mass is 131 g/mol. The summed E-state index contributed by atoms with van der Waals surface area (Å²) in [6.07, 6.45) is 5.48. The normalized spacial score (nSPS) is 14.1. The van der Waals surface area contributed by atoms with Crippen molar-refractivity contribution in [2.24, 2.45) is 0 Å². The fraction of sp³-hybridized carbons (Fsp3) is 0.111. The topological polar surface area (TPSA) is 12.0 Å². The molecule has 0 aromatic rings. The van der Waals surface area contributed by atoms with Gasteiger partial charge in [0.15, 0.2) is 0 Å². The van der Waals surface area contributed by atoms with E-state index in [1.54, 1.807) is 6.08 Å². The smallest absolute Gasteiger partial charge is 0.0502 e. The summed E-state index contributed by atoms with van der Waals surface area (Å²) in [7, 11) is 1.87. The van der Waals surface area contributed by atoms with Crippen molar-refractivity contribution in [3.63, 3.8) is 0 Å². The molecule has 0 amide bonds. The molecule has 10 heavy (non-hydrogen) atoms. The summed E-state index contributed by atoms with van der Waals surface area (Å²) in [4.78, 5) is 0. The second kappa shape index (κ2) is 2.93. The molecule has 1 aliphatic carbocycles. The number of hydrogen-bond acceptors (Lipinski definition) is 1. The van der Waals surface area contributed by atoms with Gasteiger partial charge in [-0.1, -0.05) is 24.1 Å². The quantitative estimate of drug-likeness (QED) is 0.560. The minimum atomic E-state index is 1.04. The maximum absolute atomic E-state index is 3.67. The van der Waals surface area contributed by atoms with Crippen LogP contribution in [0.1, 0.15) is 0 Å². The molecule has 0 bridgehead atoms. The molecule has 0 aromatic carbocycles. The van der Waals surface area contributed by atoms with Gasteiger partial charge in [0.1, 0.15) is 0 Å². The van der Waals surface area contributed by atoms with Gasteiger partial charge in [0, 0.05) is 18.7 Å². The lowest BCUT2D eigenvalue weighted by atomic mass is 10.1. The Hall–Kier alpha value is -1.42. The van der Waals surface area contributed by atoms with Gasteiger partial charge in [-0.15, -0.1) is 0 Å². The van der Waals surface area contributed by atoms with Crippen molar-refractivity contribution in [3.05, 3.63) is 47.5 Å². The van der Waals surface area contributed by atoms with Crippen LogP contribution in [0.3, 0.4) is 0 Å². The van der Waals surface area contributed by atoms with Gasteiger partial charge in [-0.2, -0.15) is 0 Å². The fourth-order valence-electron chi connectivity index (χ4n) is 0.780. The number of allylic oxidation sites excluding steroid dienone is 4. The SMILES string of the molecule is C=CC1=C(NC)C=C=C=C1. The zero-order valence-electron chi connectivity index (χ0n) is 5.94. The van der Waals surface area contributed by atoms with Gasteiger partial charge in [0.05, 0.1) is 5.70 Å². The van der Waals surface area contributed by atoms with Crippen LogP contribution >= 0.6 is 0 Å². The summed E-state index contributed by atoms with van der Waals surface area (Å²) in [5.74, 6) is 0. The molecule has 1 heteroatoms. The van der Waals surface area contributed by atoms with Crippen LogP contribution in [0.4, 0.5) is 0 Å². The third kappa shape index (κ3) is 1.11. The van der Waals surface area contributed by atoms with Crippen LogP contribution in [0.5, 0.6) is 0 Å². The minimum Gasteiger partial charge on any atom is -0.387 e. The molecule has 0 heterocycles. The Morgan fingerprint density at radius 2 is 2.20 bits per heavy atom. The first-order chi connectivity index (χ1) is 4.88. The molecule has 1 rings (SSSR count). The molecule has 0 radical (unpaired) electrons. The second-order valence-corrected chi connectivity index (χ2v) is 1.90. The van der Waals surface area contributed by atoms with Crippen molar-refractivity contribution >= 4 is 0 Å². The Morgan fingerprint density at radius 1 is 1.50 bits per heavy atom. The largest absolute Gasteiger partial charge is 0.387 e.